The zero-order valence-corrected chi connectivity index (χ0v) is 20.7. The molecule has 34 heavy (non-hydrogen) atoms. The third-order valence-corrected chi connectivity index (χ3v) is 6.87. The Morgan fingerprint density at radius 3 is 2.47 bits per heavy atom. The number of carboxylic acids is 1. The van der Waals surface area contributed by atoms with E-state index in [1.807, 2.05) is 24.3 Å². The minimum atomic E-state index is -0.863. The fourth-order valence-corrected chi connectivity index (χ4v) is 4.56. The van der Waals surface area contributed by atoms with Crippen molar-refractivity contribution in [1.29, 1.82) is 0 Å². The van der Waals surface area contributed by atoms with Crippen molar-refractivity contribution in [3.63, 3.8) is 0 Å². The van der Waals surface area contributed by atoms with E-state index >= 15 is 0 Å². The molecule has 180 valence electrons. The third-order valence-electron chi connectivity index (χ3n) is 6.06. The standard InChI is InChI=1S/C27H33N3O3S/c1-3-19(4-2)9-12-21-7-5-6-8-24(21)28-17-20-10-13-22(14-11-20)26(33)30-27-29-23(18-34-27)15-16-25(31)32/h5-8,10-11,13-14,18-19,28H,3-4,9,12,15-17H2,1-2H3,(H,31,32)(H,29,30,33). The normalized spacial score (nSPS) is 10.9. The molecule has 0 atom stereocenters. The number of para-hydroxylation sites is 1. The number of aliphatic carboxylic acids is 1. The number of anilines is 2. The molecule has 3 aromatic rings. The van der Waals surface area contributed by atoms with Gasteiger partial charge >= 0.3 is 5.97 Å². The van der Waals surface area contributed by atoms with Gasteiger partial charge < -0.3 is 10.4 Å². The molecule has 6 nitrogen and oxygen atoms in total. The van der Waals surface area contributed by atoms with E-state index in [-0.39, 0.29) is 12.3 Å². The van der Waals surface area contributed by atoms with Crippen molar-refractivity contribution in [2.75, 3.05) is 10.6 Å². The molecule has 0 radical (unpaired) electrons. The topological polar surface area (TPSA) is 91.3 Å². The number of hydrogen-bond donors (Lipinski definition) is 3. The van der Waals surface area contributed by atoms with Crippen molar-refractivity contribution in [1.82, 2.24) is 4.98 Å². The largest absolute Gasteiger partial charge is 0.481 e. The van der Waals surface area contributed by atoms with Crippen LogP contribution >= 0.6 is 11.3 Å². The van der Waals surface area contributed by atoms with Crippen molar-refractivity contribution < 1.29 is 14.7 Å². The zero-order valence-electron chi connectivity index (χ0n) is 19.8. The summed E-state index contributed by atoms with van der Waals surface area (Å²) in [6.07, 6.45) is 5.10. The lowest BCUT2D eigenvalue weighted by Crippen LogP contribution is -2.12. The second-order valence-electron chi connectivity index (χ2n) is 8.42. The fourth-order valence-electron chi connectivity index (χ4n) is 3.82. The van der Waals surface area contributed by atoms with Gasteiger partial charge in [0.1, 0.15) is 0 Å². The molecule has 0 aliphatic heterocycles. The van der Waals surface area contributed by atoms with Crippen molar-refractivity contribution in [2.24, 2.45) is 5.92 Å². The molecule has 2 aromatic carbocycles. The molecule has 0 spiro atoms. The van der Waals surface area contributed by atoms with E-state index < -0.39 is 5.97 Å². The lowest BCUT2D eigenvalue weighted by atomic mass is 9.94. The monoisotopic (exact) mass is 479 g/mol. The number of carbonyl (C=O) groups is 2. The highest BCUT2D eigenvalue weighted by Gasteiger charge is 2.11. The molecular formula is C27H33N3O3S. The van der Waals surface area contributed by atoms with E-state index in [0.29, 0.717) is 29.4 Å². The summed E-state index contributed by atoms with van der Waals surface area (Å²) in [7, 11) is 0. The first kappa shape index (κ1) is 25.4. The number of carboxylic acid groups (broad SMARTS) is 1. The van der Waals surface area contributed by atoms with Crippen LogP contribution in [0.1, 0.15) is 66.7 Å². The van der Waals surface area contributed by atoms with Gasteiger partial charge in [0.05, 0.1) is 12.1 Å². The highest BCUT2D eigenvalue weighted by atomic mass is 32.1. The predicted octanol–water partition coefficient (Wildman–Crippen LogP) is 6.39. The van der Waals surface area contributed by atoms with E-state index in [0.717, 1.165) is 23.6 Å². The van der Waals surface area contributed by atoms with Crippen LogP contribution in [0.4, 0.5) is 10.8 Å². The summed E-state index contributed by atoms with van der Waals surface area (Å²) in [5, 5.41) is 17.4. The van der Waals surface area contributed by atoms with E-state index in [2.05, 4.69) is 53.7 Å². The first-order chi connectivity index (χ1) is 16.5. The maximum atomic E-state index is 12.5. The maximum Gasteiger partial charge on any atom is 0.303 e. The molecule has 0 saturated carbocycles. The van der Waals surface area contributed by atoms with Crippen LogP contribution in [0.2, 0.25) is 0 Å². The molecule has 1 heterocycles. The van der Waals surface area contributed by atoms with Crippen LogP contribution in [-0.4, -0.2) is 22.0 Å². The van der Waals surface area contributed by atoms with Crippen LogP contribution in [0.5, 0.6) is 0 Å². The van der Waals surface area contributed by atoms with Gasteiger partial charge in [-0.3, -0.25) is 14.9 Å². The molecular weight excluding hydrogens is 446 g/mol. The Morgan fingerprint density at radius 2 is 1.76 bits per heavy atom. The second kappa shape index (κ2) is 12.9. The molecule has 0 aliphatic carbocycles. The van der Waals surface area contributed by atoms with Crippen molar-refractivity contribution in [3.8, 4) is 0 Å². The second-order valence-corrected chi connectivity index (χ2v) is 9.28. The van der Waals surface area contributed by atoms with E-state index in [1.165, 1.54) is 36.2 Å². The van der Waals surface area contributed by atoms with Gasteiger partial charge in [0.15, 0.2) is 5.13 Å². The minimum Gasteiger partial charge on any atom is -0.481 e. The fraction of sp³-hybridized carbons (Fsp3) is 0.370. The van der Waals surface area contributed by atoms with Gasteiger partial charge in [-0.2, -0.15) is 0 Å². The Bertz CT molecular complexity index is 1070. The van der Waals surface area contributed by atoms with Crippen LogP contribution in [0, 0.1) is 5.92 Å². The van der Waals surface area contributed by atoms with Gasteiger partial charge in [0.2, 0.25) is 0 Å². The Labute approximate surface area is 205 Å². The highest BCUT2D eigenvalue weighted by molar-refractivity contribution is 7.14. The number of nitrogens with zero attached hydrogens (tertiary/aromatic N) is 1. The average Bonchev–Trinajstić information content (AvgIpc) is 3.30. The first-order valence-corrected chi connectivity index (χ1v) is 12.7. The van der Waals surface area contributed by atoms with Gasteiger partial charge in [-0.1, -0.05) is 57.0 Å². The number of rotatable bonds is 13. The van der Waals surface area contributed by atoms with Crippen LogP contribution in [-0.2, 0) is 24.2 Å². The van der Waals surface area contributed by atoms with E-state index in [4.69, 9.17) is 5.11 Å². The highest BCUT2D eigenvalue weighted by Crippen LogP contribution is 2.22. The Kier molecular flexibility index (Phi) is 9.64. The molecule has 0 aliphatic rings. The number of hydrogen-bond acceptors (Lipinski definition) is 5. The first-order valence-electron chi connectivity index (χ1n) is 11.9. The smallest absolute Gasteiger partial charge is 0.303 e. The molecule has 3 rings (SSSR count). The van der Waals surface area contributed by atoms with Gasteiger partial charge in [-0.15, -0.1) is 11.3 Å². The lowest BCUT2D eigenvalue weighted by molar-refractivity contribution is -0.136. The third kappa shape index (κ3) is 7.70. The van der Waals surface area contributed by atoms with Crippen LogP contribution in [0.25, 0.3) is 0 Å². The molecule has 3 N–H and O–H groups in total. The maximum absolute atomic E-state index is 12.5. The summed E-state index contributed by atoms with van der Waals surface area (Å²) >= 11 is 1.30. The Morgan fingerprint density at radius 1 is 1.03 bits per heavy atom. The van der Waals surface area contributed by atoms with Gasteiger partial charge in [0.25, 0.3) is 5.91 Å². The quantitative estimate of drug-likeness (QED) is 0.264. The van der Waals surface area contributed by atoms with E-state index in [1.54, 1.807) is 5.38 Å². The number of aryl methyl sites for hydroxylation is 2. The molecule has 0 bridgehead atoms. The van der Waals surface area contributed by atoms with Gasteiger partial charge in [0, 0.05) is 29.6 Å². The summed E-state index contributed by atoms with van der Waals surface area (Å²) < 4.78 is 0. The number of benzene rings is 2. The molecule has 1 aromatic heterocycles. The van der Waals surface area contributed by atoms with Gasteiger partial charge in [-0.05, 0) is 48.1 Å². The molecule has 7 heteroatoms. The number of carbonyl (C=O) groups excluding carboxylic acids is 1. The summed E-state index contributed by atoms with van der Waals surface area (Å²) in [6.45, 7) is 5.21. The molecule has 0 fully saturated rings. The average molecular weight is 480 g/mol. The molecule has 0 unspecified atom stereocenters. The van der Waals surface area contributed by atoms with Crippen LogP contribution in [0.15, 0.2) is 53.9 Å². The number of aromatic nitrogens is 1. The Balaban J connectivity index is 1.53. The van der Waals surface area contributed by atoms with E-state index in [9.17, 15) is 9.59 Å². The summed E-state index contributed by atoms with van der Waals surface area (Å²) in [4.78, 5) is 27.5. The van der Waals surface area contributed by atoms with Crippen LogP contribution < -0.4 is 10.6 Å². The predicted molar refractivity (Wildman–Crippen MR) is 139 cm³/mol. The van der Waals surface area contributed by atoms with Crippen molar-refractivity contribution in [3.05, 3.63) is 76.3 Å². The minimum absolute atomic E-state index is 0.0229. The molecule has 0 saturated heterocycles. The number of amides is 1. The number of thiazole rings is 1. The molecule has 1 amide bonds. The van der Waals surface area contributed by atoms with Crippen LogP contribution in [0.3, 0.4) is 0 Å². The SMILES string of the molecule is CCC(CC)CCc1ccccc1NCc1ccc(C(=O)Nc2nc(CCC(=O)O)cs2)cc1. The Hall–Kier alpha value is -3.19. The lowest BCUT2D eigenvalue weighted by Gasteiger charge is -2.15. The zero-order chi connectivity index (χ0) is 24.3. The number of nitrogens with one attached hydrogen (secondary N) is 2. The van der Waals surface area contributed by atoms with Crippen molar-refractivity contribution >= 4 is 34.0 Å². The van der Waals surface area contributed by atoms with Gasteiger partial charge in [-0.25, -0.2) is 4.98 Å². The summed E-state index contributed by atoms with van der Waals surface area (Å²) in [5.41, 5.74) is 4.83. The van der Waals surface area contributed by atoms with Crippen molar-refractivity contribution in [2.45, 2.75) is 58.9 Å². The summed E-state index contributed by atoms with van der Waals surface area (Å²) in [5.74, 6) is -0.323. The summed E-state index contributed by atoms with van der Waals surface area (Å²) in [6, 6.07) is 16.0.